The van der Waals surface area contributed by atoms with Crippen molar-refractivity contribution in [2.75, 3.05) is 13.7 Å². The Morgan fingerprint density at radius 2 is 1.84 bits per heavy atom. The highest BCUT2D eigenvalue weighted by Gasteiger charge is 2.21. The van der Waals surface area contributed by atoms with E-state index in [2.05, 4.69) is 36.6 Å². The third-order valence-electron chi connectivity index (χ3n) is 5.95. The molecule has 0 aliphatic rings. The molecule has 0 aliphatic carbocycles. The summed E-state index contributed by atoms with van der Waals surface area (Å²) in [5.41, 5.74) is 5.76. The van der Waals surface area contributed by atoms with Gasteiger partial charge in [-0.1, -0.05) is 35.2 Å². The molecule has 3 aromatic heterocycles. The summed E-state index contributed by atoms with van der Waals surface area (Å²) >= 11 is 1.45. The minimum absolute atomic E-state index is 0.267. The third kappa shape index (κ3) is 5.49. The molecule has 0 radical (unpaired) electrons. The van der Waals surface area contributed by atoms with Crippen molar-refractivity contribution in [1.82, 2.24) is 35.3 Å². The van der Waals surface area contributed by atoms with Crippen molar-refractivity contribution in [2.24, 2.45) is 0 Å². The molecule has 0 atom stereocenters. The number of para-hydroxylation sites is 1. The topological polar surface area (TPSA) is 111 Å². The van der Waals surface area contributed by atoms with Crippen LogP contribution in [0.25, 0.3) is 16.6 Å². The number of carbonyl (C=O) groups is 1. The van der Waals surface area contributed by atoms with Crippen molar-refractivity contribution in [3.63, 3.8) is 0 Å². The third-order valence-corrected chi connectivity index (χ3v) is 6.81. The number of aryl methyl sites for hydroxylation is 2. The Kier molecular flexibility index (Phi) is 7.18. The molecule has 37 heavy (non-hydrogen) atoms. The Morgan fingerprint density at radius 3 is 2.59 bits per heavy atom. The van der Waals surface area contributed by atoms with Crippen molar-refractivity contribution in [3.8, 4) is 11.4 Å². The first-order valence-corrected chi connectivity index (χ1v) is 12.9. The van der Waals surface area contributed by atoms with Crippen LogP contribution >= 0.6 is 11.8 Å². The summed E-state index contributed by atoms with van der Waals surface area (Å²) in [7, 11) is 1.62. The van der Waals surface area contributed by atoms with Crippen LogP contribution in [0.15, 0.2) is 66.0 Å². The summed E-state index contributed by atoms with van der Waals surface area (Å²) in [6.07, 6.45) is 2.69. The van der Waals surface area contributed by atoms with Gasteiger partial charge in [0.25, 0.3) is 5.91 Å². The van der Waals surface area contributed by atoms with Gasteiger partial charge in [-0.3, -0.25) is 4.79 Å². The first kappa shape index (κ1) is 24.5. The number of amides is 1. The van der Waals surface area contributed by atoms with Gasteiger partial charge in [0.1, 0.15) is 5.75 Å². The summed E-state index contributed by atoms with van der Waals surface area (Å²) in [6, 6.07) is 17.5. The lowest BCUT2D eigenvalue weighted by Crippen LogP contribution is -2.27. The maximum atomic E-state index is 13.2. The van der Waals surface area contributed by atoms with E-state index in [1.807, 2.05) is 68.6 Å². The fraction of sp³-hybridized carbons (Fsp3) is 0.222. The summed E-state index contributed by atoms with van der Waals surface area (Å²) in [4.78, 5) is 25.5. The zero-order chi connectivity index (χ0) is 25.8. The van der Waals surface area contributed by atoms with E-state index >= 15 is 0 Å². The number of methoxy groups -OCH3 is 1. The number of carbonyl (C=O) groups excluding carboxylic acids is 1. The first-order valence-electron chi connectivity index (χ1n) is 11.9. The number of ether oxygens (including phenoxy) is 1. The second kappa shape index (κ2) is 10.8. The van der Waals surface area contributed by atoms with Gasteiger partial charge in [-0.2, -0.15) is 0 Å². The monoisotopic (exact) mass is 513 g/mol. The minimum atomic E-state index is -0.267. The van der Waals surface area contributed by atoms with Crippen LogP contribution in [-0.2, 0) is 12.2 Å². The van der Waals surface area contributed by atoms with Gasteiger partial charge < -0.3 is 15.0 Å². The summed E-state index contributed by atoms with van der Waals surface area (Å²) in [5.74, 6) is 0.892. The Hall–Kier alpha value is -4.18. The highest BCUT2D eigenvalue weighted by Crippen LogP contribution is 2.25. The highest BCUT2D eigenvalue weighted by atomic mass is 32.2. The molecule has 0 fully saturated rings. The molecule has 3 heterocycles. The number of rotatable bonds is 9. The summed E-state index contributed by atoms with van der Waals surface area (Å²) in [6.45, 7) is 4.35. The van der Waals surface area contributed by atoms with Crippen LogP contribution in [-0.4, -0.2) is 49.5 Å². The molecular formula is C27H27N7O2S. The molecular weight excluding hydrogens is 486 g/mol. The number of hydrogen-bond acceptors (Lipinski definition) is 7. The van der Waals surface area contributed by atoms with E-state index in [-0.39, 0.29) is 11.6 Å². The molecule has 2 aromatic carbocycles. The lowest BCUT2D eigenvalue weighted by atomic mass is 10.1. The zero-order valence-electron chi connectivity index (χ0n) is 20.9. The predicted octanol–water partition coefficient (Wildman–Crippen LogP) is 4.43. The fourth-order valence-electron chi connectivity index (χ4n) is 4.16. The van der Waals surface area contributed by atoms with Gasteiger partial charge in [0.05, 0.1) is 18.5 Å². The highest BCUT2D eigenvalue weighted by molar-refractivity contribution is 7.98. The molecule has 188 valence electrons. The first-order chi connectivity index (χ1) is 18.0. The normalized spacial score (nSPS) is 11.1. The molecule has 0 bridgehead atoms. The van der Waals surface area contributed by atoms with Crippen LogP contribution < -0.4 is 10.1 Å². The van der Waals surface area contributed by atoms with Gasteiger partial charge in [0.15, 0.2) is 10.9 Å². The molecule has 5 aromatic rings. The van der Waals surface area contributed by atoms with Crippen molar-refractivity contribution in [2.45, 2.75) is 31.2 Å². The van der Waals surface area contributed by atoms with Crippen LogP contribution in [0.2, 0.25) is 0 Å². The quantitative estimate of drug-likeness (QED) is 0.222. The minimum Gasteiger partial charge on any atom is -0.497 e. The Morgan fingerprint density at radius 1 is 1.08 bits per heavy atom. The lowest BCUT2D eigenvalue weighted by molar-refractivity contribution is 0.0948. The van der Waals surface area contributed by atoms with Crippen LogP contribution in [0.4, 0.5) is 0 Å². The number of aromatic amines is 1. The van der Waals surface area contributed by atoms with Crippen LogP contribution in [0.3, 0.4) is 0 Å². The van der Waals surface area contributed by atoms with Crippen molar-refractivity contribution in [3.05, 3.63) is 89.1 Å². The SMILES string of the molecule is COc1ccc(-n2nnc(C(=O)NCCc3c[nH]c4ccccc34)c2CSc2nc(C)cc(C)n2)cc1. The van der Waals surface area contributed by atoms with Crippen LogP contribution in [0.1, 0.15) is 33.1 Å². The fourth-order valence-corrected chi connectivity index (χ4v) is 5.10. The van der Waals surface area contributed by atoms with E-state index in [9.17, 15) is 4.79 Å². The lowest BCUT2D eigenvalue weighted by Gasteiger charge is -2.09. The molecule has 0 saturated heterocycles. The van der Waals surface area contributed by atoms with E-state index in [0.717, 1.165) is 39.3 Å². The largest absolute Gasteiger partial charge is 0.497 e. The Labute approximate surface area is 218 Å². The standard InChI is InChI=1S/C27H27N7O2S/c1-17-14-18(2)31-27(30-17)37-16-24-25(32-33-34(24)20-8-10-21(36-3)11-9-20)26(35)28-13-12-19-15-29-23-7-5-4-6-22(19)23/h4-11,14-15,29H,12-13,16H2,1-3H3,(H,28,35). The van der Waals surface area contributed by atoms with Gasteiger partial charge in [-0.15, -0.1) is 5.10 Å². The van der Waals surface area contributed by atoms with E-state index in [1.165, 1.54) is 11.8 Å². The van der Waals surface area contributed by atoms with Crippen LogP contribution in [0, 0.1) is 13.8 Å². The second-order valence-electron chi connectivity index (χ2n) is 8.58. The number of thioether (sulfide) groups is 1. The molecule has 5 rings (SSSR count). The number of nitrogens with one attached hydrogen (secondary N) is 2. The number of hydrogen-bond donors (Lipinski definition) is 2. The average Bonchev–Trinajstić information content (AvgIpc) is 3.51. The molecule has 0 spiro atoms. The summed E-state index contributed by atoms with van der Waals surface area (Å²) in [5, 5.41) is 13.4. The maximum Gasteiger partial charge on any atom is 0.273 e. The summed E-state index contributed by atoms with van der Waals surface area (Å²) < 4.78 is 6.96. The number of H-pyrrole nitrogens is 1. The van der Waals surface area contributed by atoms with Crippen LogP contribution in [0.5, 0.6) is 5.75 Å². The molecule has 1 amide bonds. The molecule has 0 unspecified atom stereocenters. The van der Waals surface area contributed by atoms with Gasteiger partial charge >= 0.3 is 0 Å². The number of nitrogens with zero attached hydrogens (tertiary/aromatic N) is 5. The second-order valence-corrected chi connectivity index (χ2v) is 9.52. The number of fused-ring (bicyclic) bond motifs is 1. The van der Waals surface area contributed by atoms with Gasteiger partial charge in [0, 0.05) is 40.8 Å². The van der Waals surface area contributed by atoms with E-state index in [1.54, 1.807) is 11.8 Å². The predicted molar refractivity (Wildman–Crippen MR) is 143 cm³/mol. The smallest absolute Gasteiger partial charge is 0.273 e. The van der Waals surface area contributed by atoms with Gasteiger partial charge in [-0.05, 0) is 62.2 Å². The zero-order valence-corrected chi connectivity index (χ0v) is 21.7. The molecule has 0 aliphatic heterocycles. The maximum absolute atomic E-state index is 13.2. The Balaban J connectivity index is 1.36. The van der Waals surface area contributed by atoms with E-state index in [0.29, 0.717) is 29.6 Å². The van der Waals surface area contributed by atoms with Crippen molar-refractivity contribution >= 4 is 28.6 Å². The van der Waals surface area contributed by atoms with E-state index in [4.69, 9.17) is 4.74 Å². The van der Waals surface area contributed by atoms with Crippen molar-refractivity contribution < 1.29 is 9.53 Å². The molecule has 10 heteroatoms. The molecule has 2 N–H and O–H groups in total. The van der Waals surface area contributed by atoms with Gasteiger partial charge in [-0.25, -0.2) is 14.6 Å². The Bertz CT molecular complexity index is 1520. The number of benzene rings is 2. The van der Waals surface area contributed by atoms with E-state index < -0.39 is 0 Å². The van der Waals surface area contributed by atoms with Crippen molar-refractivity contribution in [1.29, 1.82) is 0 Å². The average molecular weight is 514 g/mol. The van der Waals surface area contributed by atoms with Gasteiger partial charge in [0.2, 0.25) is 0 Å². The molecule has 0 saturated carbocycles. The number of aromatic nitrogens is 6. The molecule has 9 nitrogen and oxygen atoms in total.